The molecule has 1 aromatic heterocycles. The Kier molecular flexibility index (Phi) is 4.79. The number of hydrogen-bond acceptors (Lipinski definition) is 4. The molecule has 0 aliphatic heterocycles. The molecule has 5 nitrogen and oxygen atoms in total. The lowest BCUT2D eigenvalue weighted by atomic mass is 10.1. The molecule has 0 bridgehead atoms. The smallest absolute Gasteiger partial charge is 0.405 e. The second-order valence-electron chi connectivity index (χ2n) is 4.76. The average Bonchev–Trinajstić information content (AvgIpc) is 2.92. The Labute approximate surface area is 124 Å². The van der Waals surface area contributed by atoms with Crippen molar-refractivity contribution in [2.45, 2.75) is 25.9 Å². The van der Waals surface area contributed by atoms with Gasteiger partial charge in [0.1, 0.15) is 6.54 Å². The SMILES string of the molecule is Cc1ccc(-c2nnc(CCC(=O)NCC(F)(F)F)o2)cc1. The highest BCUT2D eigenvalue weighted by Crippen LogP contribution is 2.18. The largest absolute Gasteiger partial charge is 0.421 e. The van der Waals surface area contributed by atoms with Crippen molar-refractivity contribution in [2.24, 2.45) is 0 Å². The van der Waals surface area contributed by atoms with Crippen LogP contribution in [0.3, 0.4) is 0 Å². The summed E-state index contributed by atoms with van der Waals surface area (Å²) in [5, 5.41) is 9.41. The molecular weight excluding hydrogens is 299 g/mol. The molecule has 0 aliphatic carbocycles. The number of nitrogens with zero attached hydrogens (tertiary/aromatic N) is 2. The van der Waals surface area contributed by atoms with Crippen LogP contribution in [0.4, 0.5) is 13.2 Å². The number of halogens is 3. The van der Waals surface area contributed by atoms with Gasteiger partial charge in [0.2, 0.25) is 17.7 Å². The van der Waals surface area contributed by atoms with Gasteiger partial charge in [-0.3, -0.25) is 4.79 Å². The first-order valence-electron chi connectivity index (χ1n) is 6.56. The van der Waals surface area contributed by atoms with E-state index >= 15 is 0 Å². The van der Waals surface area contributed by atoms with Crippen LogP contribution in [0.2, 0.25) is 0 Å². The fourth-order valence-corrected chi connectivity index (χ4v) is 1.68. The minimum atomic E-state index is -4.42. The first-order chi connectivity index (χ1) is 10.3. The quantitative estimate of drug-likeness (QED) is 0.921. The molecule has 1 heterocycles. The van der Waals surface area contributed by atoms with Crippen molar-refractivity contribution in [3.8, 4) is 11.5 Å². The van der Waals surface area contributed by atoms with E-state index in [1.807, 2.05) is 31.2 Å². The lowest BCUT2D eigenvalue weighted by molar-refractivity contribution is -0.138. The normalized spacial score (nSPS) is 11.5. The number of hydrogen-bond donors (Lipinski definition) is 1. The lowest BCUT2D eigenvalue weighted by Crippen LogP contribution is -2.33. The van der Waals surface area contributed by atoms with E-state index in [-0.39, 0.29) is 18.7 Å². The number of benzene rings is 1. The first kappa shape index (κ1) is 16.0. The topological polar surface area (TPSA) is 68.0 Å². The Bertz CT molecular complexity index is 636. The van der Waals surface area contributed by atoms with Gasteiger partial charge < -0.3 is 9.73 Å². The fourth-order valence-electron chi connectivity index (χ4n) is 1.68. The molecule has 0 radical (unpaired) electrons. The number of rotatable bonds is 5. The third-order valence-electron chi connectivity index (χ3n) is 2.82. The second-order valence-corrected chi connectivity index (χ2v) is 4.76. The number of amides is 1. The van der Waals surface area contributed by atoms with Crippen molar-refractivity contribution >= 4 is 5.91 Å². The molecule has 0 saturated heterocycles. The maximum atomic E-state index is 11.9. The zero-order valence-corrected chi connectivity index (χ0v) is 11.8. The summed E-state index contributed by atoms with van der Waals surface area (Å²) in [6.45, 7) is 0.604. The van der Waals surface area contributed by atoms with Crippen LogP contribution in [-0.2, 0) is 11.2 Å². The molecule has 8 heteroatoms. The lowest BCUT2D eigenvalue weighted by Gasteiger charge is -2.07. The Morgan fingerprint density at radius 2 is 1.91 bits per heavy atom. The van der Waals surface area contributed by atoms with E-state index in [1.54, 1.807) is 5.32 Å². The van der Waals surface area contributed by atoms with Gasteiger partial charge in [0, 0.05) is 18.4 Å². The summed E-state index contributed by atoms with van der Waals surface area (Å²) in [7, 11) is 0. The summed E-state index contributed by atoms with van der Waals surface area (Å²) in [6, 6.07) is 7.43. The Morgan fingerprint density at radius 3 is 2.55 bits per heavy atom. The third-order valence-corrected chi connectivity index (χ3v) is 2.82. The standard InChI is InChI=1S/C14H14F3N3O2/c1-9-2-4-10(5-3-9)13-20-19-12(22-13)7-6-11(21)18-8-14(15,16)17/h2-5H,6-8H2,1H3,(H,18,21). The minimum Gasteiger partial charge on any atom is -0.421 e. The molecule has 2 aromatic rings. The molecule has 0 atom stereocenters. The number of alkyl halides is 3. The van der Waals surface area contributed by atoms with E-state index in [0.717, 1.165) is 11.1 Å². The fraction of sp³-hybridized carbons (Fsp3) is 0.357. The molecule has 22 heavy (non-hydrogen) atoms. The van der Waals surface area contributed by atoms with Crippen LogP contribution in [0.25, 0.3) is 11.5 Å². The summed E-state index contributed by atoms with van der Waals surface area (Å²) in [4.78, 5) is 11.3. The van der Waals surface area contributed by atoms with Crippen molar-refractivity contribution in [2.75, 3.05) is 6.54 Å². The van der Waals surface area contributed by atoms with Gasteiger partial charge in [0.05, 0.1) is 0 Å². The van der Waals surface area contributed by atoms with Crippen molar-refractivity contribution < 1.29 is 22.4 Å². The van der Waals surface area contributed by atoms with Crippen molar-refractivity contribution in [3.63, 3.8) is 0 Å². The number of aromatic nitrogens is 2. The molecular formula is C14H14F3N3O2. The van der Waals surface area contributed by atoms with Gasteiger partial charge in [-0.2, -0.15) is 13.2 Å². The second kappa shape index (κ2) is 6.59. The van der Waals surface area contributed by atoms with Crippen LogP contribution in [0, 0.1) is 6.92 Å². The summed E-state index contributed by atoms with van der Waals surface area (Å²) < 4.78 is 41.2. The Hall–Kier alpha value is -2.38. The molecule has 1 N–H and O–H groups in total. The molecule has 0 unspecified atom stereocenters. The van der Waals surface area contributed by atoms with Gasteiger partial charge in [-0.05, 0) is 19.1 Å². The Balaban J connectivity index is 1.87. The average molecular weight is 313 g/mol. The highest BCUT2D eigenvalue weighted by atomic mass is 19.4. The van der Waals surface area contributed by atoms with Gasteiger partial charge in [-0.1, -0.05) is 17.7 Å². The zero-order chi connectivity index (χ0) is 16.2. The summed E-state index contributed by atoms with van der Waals surface area (Å²) >= 11 is 0. The first-order valence-corrected chi connectivity index (χ1v) is 6.56. The predicted octanol–water partition coefficient (Wildman–Crippen LogP) is 2.66. The van der Waals surface area contributed by atoms with Crippen molar-refractivity contribution in [1.29, 1.82) is 0 Å². The van der Waals surface area contributed by atoms with E-state index in [0.29, 0.717) is 5.89 Å². The highest BCUT2D eigenvalue weighted by Gasteiger charge is 2.27. The van der Waals surface area contributed by atoms with Gasteiger partial charge in [-0.25, -0.2) is 0 Å². The van der Waals surface area contributed by atoms with Crippen LogP contribution in [0.15, 0.2) is 28.7 Å². The zero-order valence-electron chi connectivity index (χ0n) is 11.8. The molecule has 118 valence electrons. The van der Waals surface area contributed by atoms with E-state index in [4.69, 9.17) is 4.42 Å². The van der Waals surface area contributed by atoms with E-state index in [2.05, 4.69) is 10.2 Å². The molecule has 0 saturated carbocycles. The summed E-state index contributed by atoms with van der Waals surface area (Å²) in [6.07, 6.45) is -4.48. The molecule has 0 fully saturated rings. The summed E-state index contributed by atoms with van der Waals surface area (Å²) in [5.41, 5.74) is 1.83. The molecule has 1 aromatic carbocycles. The van der Waals surface area contributed by atoms with Crippen LogP contribution in [0.1, 0.15) is 17.9 Å². The van der Waals surface area contributed by atoms with Gasteiger partial charge in [0.25, 0.3) is 0 Å². The van der Waals surface area contributed by atoms with Crippen LogP contribution < -0.4 is 5.32 Å². The molecule has 1 amide bonds. The third kappa shape index (κ3) is 4.87. The molecule has 0 spiro atoms. The summed E-state index contributed by atoms with van der Waals surface area (Å²) in [5.74, 6) is -0.198. The van der Waals surface area contributed by atoms with E-state index in [9.17, 15) is 18.0 Å². The van der Waals surface area contributed by atoms with Gasteiger partial charge in [0.15, 0.2) is 0 Å². The monoisotopic (exact) mass is 313 g/mol. The van der Waals surface area contributed by atoms with E-state index in [1.165, 1.54) is 0 Å². The molecule has 2 rings (SSSR count). The number of aryl methyl sites for hydroxylation is 2. The minimum absolute atomic E-state index is 0.0859. The van der Waals surface area contributed by atoms with Gasteiger partial charge >= 0.3 is 6.18 Å². The Morgan fingerprint density at radius 1 is 1.23 bits per heavy atom. The number of carbonyl (C=O) groups is 1. The van der Waals surface area contributed by atoms with E-state index < -0.39 is 18.6 Å². The van der Waals surface area contributed by atoms with Crippen molar-refractivity contribution in [1.82, 2.24) is 15.5 Å². The van der Waals surface area contributed by atoms with Crippen molar-refractivity contribution in [3.05, 3.63) is 35.7 Å². The van der Waals surface area contributed by atoms with Crippen LogP contribution in [-0.4, -0.2) is 28.8 Å². The maximum Gasteiger partial charge on any atom is 0.405 e. The highest BCUT2D eigenvalue weighted by molar-refractivity contribution is 5.76. The van der Waals surface area contributed by atoms with Gasteiger partial charge in [-0.15, -0.1) is 10.2 Å². The maximum absolute atomic E-state index is 11.9. The predicted molar refractivity (Wildman–Crippen MR) is 71.9 cm³/mol. The number of carbonyl (C=O) groups excluding carboxylic acids is 1. The van der Waals surface area contributed by atoms with Crippen LogP contribution in [0.5, 0.6) is 0 Å². The molecule has 0 aliphatic rings. The number of nitrogens with one attached hydrogen (secondary N) is 1. The van der Waals surface area contributed by atoms with Crippen LogP contribution >= 0.6 is 0 Å².